The fourth-order valence-corrected chi connectivity index (χ4v) is 2.20. The van der Waals surface area contributed by atoms with Crippen molar-refractivity contribution in [1.82, 2.24) is 15.1 Å². The standard InChI is InChI=1S/C15H19N3O2/c1-15(11-16-14(19)20-3,12-7-5-4-6-8-12)13-9-17-18(2)10-13/h4-10H,11H2,1-3H3,(H,16,19). The Morgan fingerprint density at radius 2 is 2.05 bits per heavy atom. The monoisotopic (exact) mass is 273 g/mol. The largest absolute Gasteiger partial charge is 0.453 e. The predicted octanol–water partition coefficient (Wildman–Crippen LogP) is 2.08. The summed E-state index contributed by atoms with van der Waals surface area (Å²) in [4.78, 5) is 11.4. The number of carbonyl (C=O) groups is 1. The van der Waals surface area contributed by atoms with Crippen LogP contribution in [0.1, 0.15) is 18.1 Å². The minimum Gasteiger partial charge on any atom is -0.453 e. The Morgan fingerprint density at radius 3 is 2.60 bits per heavy atom. The zero-order chi connectivity index (χ0) is 14.6. The minimum atomic E-state index is -0.434. The second-order valence-electron chi connectivity index (χ2n) is 4.95. The zero-order valence-electron chi connectivity index (χ0n) is 12.0. The number of benzene rings is 1. The van der Waals surface area contributed by atoms with Gasteiger partial charge < -0.3 is 10.1 Å². The average molecular weight is 273 g/mol. The van der Waals surface area contributed by atoms with Crippen molar-refractivity contribution in [1.29, 1.82) is 0 Å². The van der Waals surface area contributed by atoms with Crippen LogP contribution in [0.2, 0.25) is 0 Å². The van der Waals surface area contributed by atoms with E-state index < -0.39 is 6.09 Å². The van der Waals surface area contributed by atoms with Gasteiger partial charge in [0.1, 0.15) is 0 Å². The molecule has 0 radical (unpaired) electrons. The second-order valence-corrected chi connectivity index (χ2v) is 4.95. The summed E-state index contributed by atoms with van der Waals surface area (Å²) in [5, 5.41) is 7.01. The van der Waals surface area contributed by atoms with Gasteiger partial charge in [-0.05, 0) is 12.5 Å². The van der Waals surface area contributed by atoms with Gasteiger partial charge in [0.05, 0.1) is 13.3 Å². The van der Waals surface area contributed by atoms with E-state index >= 15 is 0 Å². The van der Waals surface area contributed by atoms with Crippen LogP contribution in [-0.2, 0) is 17.2 Å². The molecule has 2 rings (SSSR count). The highest BCUT2D eigenvalue weighted by molar-refractivity contribution is 5.67. The number of rotatable bonds is 4. The molecule has 1 N–H and O–H groups in total. The van der Waals surface area contributed by atoms with E-state index in [1.807, 2.05) is 49.8 Å². The SMILES string of the molecule is COC(=O)NCC(C)(c1ccccc1)c1cnn(C)c1. The summed E-state index contributed by atoms with van der Waals surface area (Å²) in [7, 11) is 3.24. The Labute approximate surface area is 118 Å². The van der Waals surface area contributed by atoms with Gasteiger partial charge in [-0.2, -0.15) is 5.10 Å². The van der Waals surface area contributed by atoms with Crippen LogP contribution in [-0.4, -0.2) is 29.5 Å². The number of carbonyl (C=O) groups excluding carboxylic acids is 1. The number of alkyl carbamates (subject to hydrolysis) is 1. The van der Waals surface area contributed by atoms with Crippen molar-refractivity contribution >= 4 is 6.09 Å². The number of hydrogen-bond donors (Lipinski definition) is 1. The molecule has 20 heavy (non-hydrogen) atoms. The number of ether oxygens (including phenoxy) is 1. The van der Waals surface area contributed by atoms with Crippen LogP contribution in [0.4, 0.5) is 4.79 Å². The molecular weight excluding hydrogens is 254 g/mol. The van der Waals surface area contributed by atoms with Crippen molar-refractivity contribution in [2.75, 3.05) is 13.7 Å². The van der Waals surface area contributed by atoms with Crippen molar-refractivity contribution in [3.05, 3.63) is 53.9 Å². The first-order valence-electron chi connectivity index (χ1n) is 6.43. The van der Waals surface area contributed by atoms with Crippen LogP contribution < -0.4 is 5.32 Å². The van der Waals surface area contributed by atoms with Gasteiger partial charge in [0, 0.05) is 30.8 Å². The number of methoxy groups -OCH3 is 1. The third-order valence-electron chi connectivity index (χ3n) is 3.52. The van der Waals surface area contributed by atoms with Gasteiger partial charge in [-0.1, -0.05) is 30.3 Å². The third kappa shape index (κ3) is 2.82. The molecule has 0 saturated heterocycles. The molecule has 1 amide bonds. The smallest absolute Gasteiger partial charge is 0.406 e. The molecule has 2 aromatic rings. The van der Waals surface area contributed by atoms with Gasteiger partial charge in [0.15, 0.2) is 0 Å². The topological polar surface area (TPSA) is 56.1 Å². The first kappa shape index (κ1) is 14.1. The Kier molecular flexibility index (Phi) is 4.08. The van der Waals surface area contributed by atoms with Crippen molar-refractivity contribution in [2.24, 2.45) is 7.05 Å². The number of hydrogen-bond acceptors (Lipinski definition) is 3. The summed E-state index contributed by atoms with van der Waals surface area (Å²) < 4.78 is 6.41. The minimum absolute atomic E-state index is 0.357. The van der Waals surface area contributed by atoms with Crippen LogP contribution in [0.5, 0.6) is 0 Å². The van der Waals surface area contributed by atoms with Gasteiger partial charge in [-0.25, -0.2) is 4.79 Å². The molecule has 0 saturated carbocycles. The highest BCUT2D eigenvalue weighted by atomic mass is 16.5. The number of amides is 1. The highest BCUT2D eigenvalue weighted by Gasteiger charge is 2.30. The van der Waals surface area contributed by atoms with Crippen LogP contribution in [0, 0.1) is 0 Å². The fraction of sp³-hybridized carbons (Fsp3) is 0.333. The number of aryl methyl sites for hydroxylation is 1. The Balaban J connectivity index is 2.35. The molecule has 0 bridgehead atoms. The van der Waals surface area contributed by atoms with Gasteiger partial charge in [0.2, 0.25) is 0 Å². The van der Waals surface area contributed by atoms with Gasteiger partial charge >= 0.3 is 6.09 Å². The van der Waals surface area contributed by atoms with E-state index in [2.05, 4.69) is 22.1 Å². The summed E-state index contributed by atoms with van der Waals surface area (Å²) >= 11 is 0. The van der Waals surface area contributed by atoms with Crippen molar-refractivity contribution in [3.63, 3.8) is 0 Å². The quantitative estimate of drug-likeness (QED) is 0.928. The van der Waals surface area contributed by atoms with Crippen molar-refractivity contribution < 1.29 is 9.53 Å². The van der Waals surface area contributed by atoms with E-state index in [0.717, 1.165) is 11.1 Å². The Bertz CT molecular complexity index is 580. The lowest BCUT2D eigenvalue weighted by atomic mass is 9.77. The lowest BCUT2D eigenvalue weighted by Crippen LogP contribution is -2.39. The highest BCUT2D eigenvalue weighted by Crippen LogP contribution is 2.30. The molecule has 0 aliphatic heterocycles. The zero-order valence-corrected chi connectivity index (χ0v) is 12.0. The normalized spacial score (nSPS) is 13.6. The molecule has 0 aliphatic rings. The molecule has 1 aromatic carbocycles. The maximum Gasteiger partial charge on any atom is 0.406 e. The molecule has 0 spiro atoms. The number of nitrogens with zero attached hydrogens (tertiary/aromatic N) is 2. The molecule has 5 nitrogen and oxygen atoms in total. The van der Waals surface area contributed by atoms with Gasteiger partial charge in [-0.3, -0.25) is 4.68 Å². The first-order valence-corrected chi connectivity index (χ1v) is 6.43. The maximum absolute atomic E-state index is 11.4. The molecule has 1 unspecified atom stereocenters. The van der Waals surface area contributed by atoms with Crippen LogP contribution in [0.3, 0.4) is 0 Å². The summed E-state index contributed by atoms with van der Waals surface area (Å²) in [6.07, 6.45) is 3.36. The molecule has 1 atom stereocenters. The van der Waals surface area contributed by atoms with E-state index in [9.17, 15) is 4.79 Å². The average Bonchev–Trinajstić information content (AvgIpc) is 2.92. The molecule has 106 valence electrons. The maximum atomic E-state index is 11.4. The lowest BCUT2D eigenvalue weighted by Gasteiger charge is -2.29. The molecule has 1 heterocycles. The van der Waals surface area contributed by atoms with Crippen molar-refractivity contribution in [3.8, 4) is 0 Å². The summed E-state index contributed by atoms with van der Waals surface area (Å²) in [6, 6.07) is 10.0. The first-order chi connectivity index (χ1) is 9.56. The van der Waals surface area contributed by atoms with Crippen molar-refractivity contribution in [2.45, 2.75) is 12.3 Å². The lowest BCUT2D eigenvalue weighted by molar-refractivity contribution is 0.169. The van der Waals surface area contributed by atoms with Crippen LogP contribution in [0.25, 0.3) is 0 Å². The third-order valence-corrected chi connectivity index (χ3v) is 3.52. The number of aromatic nitrogens is 2. The van der Waals surface area contributed by atoms with Crippen LogP contribution in [0.15, 0.2) is 42.7 Å². The van der Waals surface area contributed by atoms with Gasteiger partial charge in [0.25, 0.3) is 0 Å². The molecule has 0 aliphatic carbocycles. The Morgan fingerprint density at radius 1 is 1.35 bits per heavy atom. The molecule has 1 aromatic heterocycles. The van der Waals surface area contributed by atoms with E-state index in [0.29, 0.717) is 6.54 Å². The second kappa shape index (κ2) is 5.77. The summed E-state index contributed by atoms with van der Waals surface area (Å²) in [5.74, 6) is 0. The van der Waals surface area contributed by atoms with E-state index in [-0.39, 0.29) is 5.41 Å². The van der Waals surface area contributed by atoms with Gasteiger partial charge in [-0.15, -0.1) is 0 Å². The Hall–Kier alpha value is -2.30. The molecular formula is C15H19N3O2. The van der Waals surface area contributed by atoms with E-state index in [1.54, 1.807) is 4.68 Å². The van der Waals surface area contributed by atoms with Crippen LogP contribution >= 0.6 is 0 Å². The molecule has 5 heteroatoms. The predicted molar refractivity (Wildman–Crippen MR) is 76.5 cm³/mol. The van der Waals surface area contributed by atoms with E-state index in [1.165, 1.54) is 7.11 Å². The molecule has 0 fully saturated rings. The van der Waals surface area contributed by atoms with E-state index in [4.69, 9.17) is 0 Å². The fourth-order valence-electron chi connectivity index (χ4n) is 2.20. The summed E-state index contributed by atoms with van der Waals surface area (Å²) in [6.45, 7) is 2.52. The summed E-state index contributed by atoms with van der Waals surface area (Å²) in [5.41, 5.74) is 1.80. The number of nitrogens with one attached hydrogen (secondary N) is 1.